The van der Waals surface area contributed by atoms with Gasteiger partial charge in [-0.3, -0.25) is 9.36 Å². The molecule has 0 aromatic carbocycles. The van der Waals surface area contributed by atoms with Crippen LogP contribution in [-0.2, 0) is 27.9 Å². The summed E-state index contributed by atoms with van der Waals surface area (Å²) in [7, 11) is 1.32. The molecule has 0 aromatic heterocycles. The van der Waals surface area contributed by atoms with Crippen LogP contribution in [0.4, 0.5) is 0 Å². The molecule has 55 heavy (non-hydrogen) atoms. The molecule has 318 valence electrons. The van der Waals surface area contributed by atoms with E-state index in [1.54, 1.807) is 0 Å². The third-order valence-electron chi connectivity index (χ3n) is 8.77. The fraction of sp³-hybridized carbons (Fsp3) is 0.717. The lowest BCUT2D eigenvalue weighted by atomic mass is 10.1. The van der Waals surface area contributed by atoms with Gasteiger partial charge >= 0.3 is 5.97 Å². The maximum Gasteiger partial charge on any atom is 0.306 e. The van der Waals surface area contributed by atoms with Gasteiger partial charge in [0.05, 0.1) is 34.4 Å². The van der Waals surface area contributed by atoms with Gasteiger partial charge in [-0.05, 0) is 64.2 Å². The summed E-state index contributed by atoms with van der Waals surface area (Å²) in [6.07, 6.45) is 49.1. The molecule has 2 atom stereocenters. The Hall–Kier alpha value is -2.06. The summed E-state index contributed by atoms with van der Waals surface area (Å²) in [4.78, 5) is 25.0. The first kappa shape index (κ1) is 52.9. The number of unbranched alkanes of at least 4 members (excludes halogenated alkanes) is 13. The largest absolute Gasteiger partial charge is 0.756 e. The number of hydrogen-bond donors (Lipinski definition) is 0. The Morgan fingerprint density at radius 2 is 1.05 bits per heavy atom. The van der Waals surface area contributed by atoms with Gasteiger partial charge in [0.15, 0.2) is 0 Å². The van der Waals surface area contributed by atoms with Crippen molar-refractivity contribution >= 4 is 13.8 Å². The fourth-order valence-electron chi connectivity index (χ4n) is 5.43. The quantitative estimate of drug-likeness (QED) is 0.0201. The highest BCUT2D eigenvalue weighted by molar-refractivity contribution is 7.45. The Labute approximate surface area is 338 Å². The van der Waals surface area contributed by atoms with Crippen molar-refractivity contribution in [3.8, 4) is 0 Å². The van der Waals surface area contributed by atoms with Gasteiger partial charge < -0.3 is 27.9 Å². The minimum absolute atomic E-state index is 0.0148. The van der Waals surface area contributed by atoms with Gasteiger partial charge in [0.25, 0.3) is 7.82 Å². The molecule has 0 saturated heterocycles. The maximum atomic E-state index is 12.7. The number of esters is 1. The number of allylic oxidation sites excluding steroid dienone is 12. The Balaban J connectivity index is 4.34. The van der Waals surface area contributed by atoms with Gasteiger partial charge in [0, 0.05) is 13.0 Å². The first-order valence-corrected chi connectivity index (χ1v) is 23.1. The zero-order valence-electron chi connectivity index (χ0n) is 35.8. The van der Waals surface area contributed by atoms with E-state index in [1.807, 2.05) is 21.1 Å². The summed E-state index contributed by atoms with van der Waals surface area (Å²) in [5.74, 6) is -0.378. The van der Waals surface area contributed by atoms with Crippen molar-refractivity contribution in [2.45, 2.75) is 161 Å². The van der Waals surface area contributed by atoms with E-state index >= 15 is 0 Å². The summed E-state index contributed by atoms with van der Waals surface area (Å²) in [6.45, 7) is 5.22. The Morgan fingerprint density at radius 3 is 1.55 bits per heavy atom. The lowest BCUT2D eigenvalue weighted by molar-refractivity contribution is -0.870. The van der Waals surface area contributed by atoms with E-state index in [1.165, 1.54) is 64.2 Å². The second kappa shape index (κ2) is 38.8. The van der Waals surface area contributed by atoms with E-state index in [2.05, 4.69) is 86.8 Å². The van der Waals surface area contributed by atoms with Crippen molar-refractivity contribution in [2.24, 2.45) is 0 Å². The van der Waals surface area contributed by atoms with E-state index in [4.69, 9.17) is 18.5 Å². The summed E-state index contributed by atoms with van der Waals surface area (Å²) in [5, 5.41) is 0. The summed E-state index contributed by atoms with van der Waals surface area (Å²) in [5.41, 5.74) is 0. The maximum absolute atomic E-state index is 12.7. The van der Waals surface area contributed by atoms with Crippen LogP contribution in [-0.4, -0.2) is 70.7 Å². The Bertz CT molecular complexity index is 1110. The Morgan fingerprint density at radius 1 is 0.582 bits per heavy atom. The van der Waals surface area contributed by atoms with Crippen LogP contribution in [0.1, 0.15) is 155 Å². The average molecular weight is 792 g/mol. The number of rotatable bonds is 39. The molecule has 0 aliphatic heterocycles. The third kappa shape index (κ3) is 42.9. The lowest BCUT2D eigenvalue weighted by Gasteiger charge is -2.28. The van der Waals surface area contributed by atoms with Crippen LogP contribution in [0.3, 0.4) is 0 Å². The third-order valence-corrected chi connectivity index (χ3v) is 9.74. The molecule has 0 amide bonds. The smallest absolute Gasteiger partial charge is 0.306 e. The molecule has 8 nitrogen and oxygen atoms in total. The van der Waals surface area contributed by atoms with Crippen LogP contribution in [0.15, 0.2) is 72.9 Å². The molecule has 0 rings (SSSR count). The highest BCUT2D eigenvalue weighted by atomic mass is 31.2. The van der Waals surface area contributed by atoms with Crippen LogP contribution in [0, 0.1) is 0 Å². The molecule has 9 heteroatoms. The molecule has 0 saturated carbocycles. The first-order chi connectivity index (χ1) is 26.6. The average Bonchev–Trinajstić information content (AvgIpc) is 3.13. The second-order valence-corrected chi connectivity index (χ2v) is 16.7. The summed E-state index contributed by atoms with van der Waals surface area (Å²) in [6, 6.07) is 0. The molecule has 0 radical (unpaired) electrons. The summed E-state index contributed by atoms with van der Waals surface area (Å²) < 4.78 is 34.5. The van der Waals surface area contributed by atoms with E-state index in [0.29, 0.717) is 24.1 Å². The number of nitrogens with zero attached hydrogens (tertiary/aromatic N) is 1. The molecule has 0 fully saturated rings. The Kier molecular flexibility index (Phi) is 37.3. The number of carbonyl (C=O) groups is 1. The number of ether oxygens (including phenoxy) is 2. The lowest BCUT2D eigenvalue weighted by Crippen LogP contribution is -2.37. The van der Waals surface area contributed by atoms with Gasteiger partial charge in [-0.15, -0.1) is 0 Å². The van der Waals surface area contributed by atoms with Crippen molar-refractivity contribution in [2.75, 3.05) is 54.1 Å². The molecule has 0 bridgehead atoms. The van der Waals surface area contributed by atoms with E-state index in [-0.39, 0.29) is 32.2 Å². The van der Waals surface area contributed by atoms with Gasteiger partial charge in [-0.25, -0.2) is 0 Å². The first-order valence-electron chi connectivity index (χ1n) is 21.7. The van der Waals surface area contributed by atoms with Crippen LogP contribution in [0.25, 0.3) is 0 Å². The van der Waals surface area contributed by atoms with Gasteiger partial charge in [-0.2, -0.15) is 0 Å². The number of phosphoric acid groups is 1. The van der Waals surface area contributed by atoms with Crippen molar-refractivity contribution in [1.29, 1.82) is 0 Å². The minimum Gasteiger partial charge on any atom is -0.756 e. The highest BCUT2D eigenvalue weighted by Gasteiger charge is 2.20. The van der Waals surface area contributed by atoms with Crippen LogP contribution < -0.4 is 4.89 Å². The van der Waals surface area contributed by atoms with Gasteiger partial charge in [0.1, 0.15) is 19.3 Å². The fourth-order valence-corrected chi connectivity index (χ4v) is 6.16. The van der Waals surface area contributed by atoms with Crippen molar-refractivity contribution in [1.82, 2.24) is 0 Å². The second-order valence-electron chi connectivity index (χ2n) is 15.3. The SMILES string of the molecule is CC/C=C\C/C=C\C/C=C\C/C=C\C/C=C\C/C=C\CCCCC(=O)OC(COCCCCCCCCCCCCCC)COP(=O)([O-])OCC[N+](C)(C)C. The van der Waals surface area contributed by atoms with E-state index in [9.17, 15) is 14.3 Å². The van der Waals surface area contributed by atoms with Crippen molar-refractivity contribution in [3.63, 3.8) is 0 Å². The highest BCUT2D eigenvalue weighted by Crippen LogP contribution is 2.38. The number of carbonyl (C=O) groups excluding carboxylic acids is 1. The predicted octanol–water partition coefficient (Wildman–Crippen LogP) is 12.1. The molecule has 2 unspecified atom stereocenters. The molecule has 0 aromatic rings. The zero-order valence-corrected chi connectivity index (χ0v) is 36.7. The molecular weight excluding hydrogens is 709 g/mol. The monoisotopic (exact) mass is 792 g/mol. The normalized spacial score (nSPS) is 14.5. The van der Waals surface area contributed by atoms with Crippen LogP contribution >= 0.6 is 7.82 Å². The van der Waals surface area contributed by atoms with Crippen molar-refractivity contribution < 1.29 is 37.3 Å². The number of phosphoric ester groups is 1. The van der Waals surface area contributed by atoms with Crippen molar-refractivity contribution in [3.05, 3.63) is 72.9 Å². The molecular formula is C46H82NO7P. The molecule has 0 aliphatic rings. The molecule has 0 N–H and O–H groups in total. The standard InChI is InChI=1S/C46H82NO7P/c1-6-8-10-12-14-16-18-20-21-22-23-24-25-26-27-28-29-31-33-35-37-39-46(48)54-45(44-53-55(49,50)52-42-40-47(3,4)5)43-51-41-38-36-34-32-30-19-17-15-13-11-9-7-2/h8,10,14,16,20-21,23-24,26-27,29,31,45H,6-7,9,11-13,15,17-19,22,25,28,30,32-44H2,1-5H3/b10-8-,16-14-,21-20-,24-23-,27-26-,31-29-. The van der Waals surface area contributed by atoms with Crippen LogP contribution in [0.2, 0.25) is 0 Å². The predicted molar refractivity (Wildman–Crippen MR) is 231 cm³/mol. The van der Waals surface area contributed by atoms with E-state index in [0.717, 1.165) is 64.2 Å². The zero-order chi connectivity index (χ0) is 40.6. The number of hydrogen-bond acceptors (Lipinski definition) is 7. The van der Waals surface area contributed by atoms with Crippen LogP contribution in [0.5, 0.6) is 0 Å². The van der Waals surface area contributed by atoms with E-state index < -0.39 is 13.9 Å². The molecule has 0 spiro atoms. The molecule has 0 aliphatic carbocycles. The topological polar surface area (TPSA) is 94.1 Å². The number of likely N-dealkylation sites (N-methyl/N-ethyl adjacent to an activating group) is 1. The van der Waals surface area contributed by atoms with Gasteiger partial charge in [0.2, 0.25) is 0 Å². The summed E-state index contributed by atoms with van der Waals surface area (Å²) >= 11 is 0. The number of quaternary nitrogens is 1. The van der Waals surface area contributed by atoms with Gasteiger partial charge in [-0.1, -0.05) is 157 Å². The molecule has 0 heterocycles. The minimum atomic E-state index is -4.54.